The summed E-state index contributed by atoms with van der Waals surface area (Å²) in [7, 11) is 1.11. The van der Waals surface area contributed by atoms with Crippen LogP contribution in [0.5, 0.6) is 17.2 Å². The van der Waals surface area contributed by atoms with Gasteiger partial charge in [0.05, 0.1) is 39.3 Å². The van der Waals surface area contributed by atoms with Crippen LogP contribution in [0, 0.1) is 5.92 Å². The lowest BCUT2D eigenvalue weighted by molar-refractivity contribution is 0.125. The summed E-state index contributed by atoms with van der Waals surface area (Å²) in [5.74, 6) is 1.79. The van der Waals surface area contributed by atoms with Gasteiger partial charge in [-0.15, -0.1) is 0 Å². The number of halogens is 1. The van der Waals surface area contributed by atoms with Gasteiger partial charge in [-0.1, -0.05) is 23.7 Å². The van der Waals surface area contributed by atoms with Crippen molar-refractivity contribution in [1.82, 2.24) is 14.5 Å². The van der Waals surface area contributed by atoms with Crippen molar-refractivity contribution in [2.24, 2.45) is 5.92 Å². The van der Waals surface area contributed by atoms with Crippen molar-refractivity contribution >= 4 is 33.3 Å². The molecule has 12 heteroatoms. The number of ether oxygens (including phenoxy) is 3. The highest BCUT2D eigenvalue weighted by molar-refractivity contribution is 7.88. The Morgan fingerprint density at radius 1 is 1.00 bits per heavy atom. The molecule has 39 heavy (non-hydrogen) atoms. The number of hydrogen-bond acceptors (Lipinski definition) is 7. The van der Waals surface area contributed by atoms with E-state index in [2.05, 4.69) is 27.7 Å². The summed E-state index contributed by atoms with van der Waals surface area (Å²) in [4.78, 5) is 15.4. The lowest BCUT2D eigenvalue weighted by Gasteiger charge is -2.38. The first-order valence-corrected chi connectivity index (χ1v) is 15.1. The molecule has 2 amide bonds. The molecule has 4 rings (SSSR count). The standard InChI is InChI=1S/C27H37ClN4O6S/c1-36-24-14-21(15-25(37-2)26(24)38-3)29-27(33)30-22-16-32(39(4,34)35)17-23(22)31-11-9-19(10-12-31)13-18-5-7-20(28)8-6-18/h5-8,14-15,19,22-23H,9-13,16-17H2,1-4H3,(H2,29,30,33). The molecule has 0 aliphatic carbocycles. The predicted octanol–water partition coefficient (Wildman–Crippen LogP) is 3.45. The van der Waals surface area contributed by atoms with Gasteiger partial charge in [0.25, 0.3) is 0 Å². The molecule has 2 aliphatic heterocycles. The summed E-state index contributed by atoms with van der Waals surface area (Å²) in [6, 6.07) is 10.3. The smallest absolute Gasteiger partial charge is 0.319 e. The maximum absolute atomic E-state index is 13.1. The van der Waals surface area contributed by atoms with Crippen LogP contribution in [0.1, 0.15) is 18.4 Å². The summed E-state index contributed by atoms with van der Waals surface area (Å²) < 4.78 is 42.3. The number of urea groups is 1. The van der Waals surface area contributed by atoms with Crippen LogP contribution < -0.4 is 24.8 Å². The topological polar surface area (TPSA) is 109 Å². The number of hydrogen-bond donors (Lipinski definition) is 2. The molecular formula is C27H37ClN4O6S. The highest BCUT2D eigenvalue weighted by Gasteiger charge is 2.42. The maximum Gasteiger partial charge on any atom is 0.319 e. The van der Waals surface area contributed by atoms with Gasteiger partial charge >= 0.3 is 6.03 Å². The molecule has 0 saturated carbocycles. The van der Waals surface area contributed by atoms with Crippen LogP contribution in [0.3, 0.4) is 0 Å². The molecule has 214 valence electrons. The van der Waals surface area contributed by atoms with E-state index >= 15 is 0 Å². The van der Waals surface area contributed by atoms with Gasteiger partial charge in [0, 0.05) is 36.3 Å². The Balaban J connectivity index is 1.42. The van der Waals surface area contributed by atoms with Crippen LogP contribution in [0.4, 0.5) is 10.5 Å². The summed E-state index contributed by atoms with van der Waals surface area (Å²) in [5, 5.41) is 6.57. The van der Waals surface area contributed by atoms with Crippen LogP contribution in [-0.2, 0) is 16.4 Å². The van der Waals surface area contributed by atoms with Gasteiger partial charge in [-0.3, -0.25) is 4.90 Å². The third kappa shape index (κ3) is 7.27. The van der Waals surface area contributed by atoms with E-state index in [4.69, 9.17) is 25.8 Å². The zero-order valence-electron chi connectivity index (χ0n) is 22.8. The number of methoxy groups -OCH3 is 3. The van der Waals surface area contributed by atoms with Gasteiger partial charge in [-0.2, -0.15) is 4.31 Å². The molecule has 2 aromatic rings. The van der Waals surface area contributed by atoms with Crippen LogP contribution in [0.25, 0.3) is 0 Å². The number of piperidine rings is 1. The highest BCUT2D eigenvalue weighted by atomic mass is 35.5. The van der Waals surface area contributed by atoms with Crippen LogP contribution >= 0.6 is 11.6 Å². The van der Waals surface area contributed by atoms with Crippen molar-refractivity contribution < 1.29 is 27.4 Å². The number of benzene rings is 2. The summed E-state index contributed by atoms with van der Waals surface area (Å²) in [6.45, 7) is 2.24. The Morgan fingerprint density at radius 2 is 1.62 bits per heavy atom. The summed E-state index contributed by atoms with van der Waals surface area (Å²) >= 11 is 6.02. The second-order valence-electron chi connectivity index (χ2n) is 10.1. The Hall–Kier alpha value is -2.73. The minimum atomic E-state index is -3.41. The molecule has 0 aromatic heterocycles. The van der Waals surface area contributed by atoms with Crippen molar-refractivity contribution in [3.63, 3.8) is 0 Å². The summed E-state index contributed by atoms with van der Waals surface area (Å²) in [6.07, 6.45) is 4.20. The Kier molecular flexibility index (Phi) is 9.47. The molecule has 2 saturated heterocycles. The molecule has 2 fully saturated rings. The number of likely N-dealkylation sites (tertiary alicyclic amines) is 1. The van der Waals surface area contributed by atoms with E-state index < -0.39 is 16.1 Å². The lowest BCUT2D eigenvalue weighted by Crippen LogP contribution is -2.54. The zero-order valence-corrected chi connectivity index (χ0v) is 24.3. The fraction of sp³-hybridized carbons (Fsp3) is 0.519. The van der Waals surface area contributed by atoms with E-state index in [1.807, 2.05) is 12.1 Å². The zero-order chi connectivity index (χ0) is 28.2. The van der Waals surface area contributed by atoms with E-state index in [-0.39, 0.29) is 18.6 Å². The number of nitrogens with one attached hydrogen (secondary N) is 2. The fourth-order valence-corrected chi connectivity index (χ4v) is 6.45. The monoisotopic (exact) mass is 580 g/mol. The number of amides is 2. The summed E-state index contributed by atoms with van der Waals surface area (Å²) in [5.41, 5.74) is 1.73. The molecular weight excluding hydrogens is 544 g/mol. The van der Waals surface area contributed by atoms with Gasteiger partial charge in [-0.05, 0) is 56.0 Å². The third-order valence-electron chi connectivity index (χ3n) is 7.52. The minimum absolute atomic E-state index is 0.123. The second-order valence-corrected chi connectivity index (χ2v) is 12.5. The van der Waals surface area contributed by atoms with Gasteiger partial charge in [0.1, 0.15) is 0 Å². The van der Waals surface area contributed by atoms with Crippen molar-refractivity contribution in [1.29, 1.82) is 0 Å². The number of sulfonamides is 1. The highest BCUT2D eigenvalue weighted by Crippen LogP contribution is 2.40. The number of carbonyl (C=O) groups is 1. The minimum Gasteiger partial charge on any atom is -0.493 e. The molecule has 0 bridgehead atoms. The average Bonchev–Trinajstić information content (AvgIpc) is 3.34. The molecule has 2 N–H and O–H groups in total. The van der Waals surface area contributed by atoms with Gasteiger partial charge in [0.15, 0.2) is 11.5 Å². The predicted molar refractivity (Wildman–Crippen MR) is 152 cm³/mol. The van der Waals surface area contributed by atoms with Crippen molar-refractivity contribution in [3.05, 3.63) is 47.0 Å². The quantitative estimate of drug-likeness (QED) is 0.467. The molecule has 2 aromatic carbocycles. The first-order chi connectivity index (χ1) is 18.6. The molecule has 0 radical (unpaired) electrons. The van der Waals surface area contributed by atoms with Gasteiger partial charge in [0.2, 0.25) is 15.8 Å². The van der Waals surface area contributed by atoms with Crippen LogP contribution in [-0.4, -0.2) is 89.5 Å². The number of anilines is 1. The van der Waals surface area contributed by atoms with E-state index in [9.17, 15) is 13.2 Å². The second kappa shape index (κ2) is 12.6. The fourth-order valence-electron chi connectivity index (χ4n) is 5.47. The number of carbonyl (C=O) groups excluding carboxylic acids is 1. The van der Waals surface area contributed by atoms with E-state index in [0.29, 0.717) is 35.4 Å². The number of nitrogens with zero attached hydrogens (tertiary/aromatic N) is 2. The lowest BCUT2D eigenvalue weighted by atomic mass is 9.89. The molecule has 2 aliphatic rings. The van der Waals surface area contributed by atoms with E-state index in [0.717, 1.165) is 37.4 Å². The SMILES string of the molecule is COc1cc(NC(=O)NC2CN(S(C)(=O)=O)CC2N2CCC(Cc3ccc(Cl)cc3)CC2)cc(OC)c1OC. The van der Waals surface area contributed by atoms with Gasteiger partial charge in [-0.25, -0.2) is 13.2 Å². The third-order valence-corrected chi connectivity index (χ3v) is 9.01. The largest absolute Gasteiger partial charge is 0.493 e. The Bertz CT molecular complexity index is 1230. The van der Waals surface area contributed by atoms with E-state index in [1.165, 1.54) is 37.5 Å². The molecule has 2 unspecified atom stereocenters. The molecule has 10 nitrogen and oxygen atoms in total. The molecule has 0 spiro atoms. The Labute approximate surface area is 235 Å². The average molecular weight is 581 g/mol. The van der Waals surface area contributed by atoms with Crippen molar-refractivity contribution in [2.75, 3.05) is 59.1 Å². The van der Waals surface area contributed by atoms with E-state index in [1.54, 1.807) is 12.1 Å². The van der Waals surface area contributed by atoms with Gasteiger partial charge < -0.3 is 24.8 Å². The maximum atomic E-state index is 13.1. The van der Waals surface area contributed by atoms with Crippen molar-refractivity contribution in [3.8, 4) is 17.2 Å². The first kappa shape index (κ1) is 29.3. The Morgan fingerprint density at radius 3 is 2.15 bits per heavy atom. The number of rotatable bonds is 9. The van der Waals surface area contributed by atoms with Crippen LogP contribution in [0.2, 0.25) is 5.02 Å². The first-order valence-electron chi connectivity index (χ1n) is 12.9. The van der Waals surface area contributed by atoms with Crippen molar-refractivity contribution in [2.45, 2.75) is 31.3 Å². The molecule has 2 heterocycles. The van der Waals surface area contributed by atoms with Crippen LogP contribution in [0.15, 0.2) is 36.4 Å². The normalized spacial score (nSPS) is 20.9. The molecule has 2 atom stereocenters.